The Morgan fingerprint density at radius 1 is 1.34 bits per heavy atom. The molecule has 29 heavy (non-hydrogen) atoms. The smallest absolute Gasteiger partial charge is 0.408 e. The molecule has 1 saturated heterocycles. The van der Waals surface area contributed by atoms with Crippen molar-refractivity contribution in [2.75, 3.05) is 13.7 Å². The quantitative estimate of drug-likeness (QED) is 0.709. The van der Waals surface area contributed by atoms with Gasteiger partial charge in [0.15, 0.2) is 0 Å². The van der Waals surface area contributed by atoms with Crippen molar-refractivity contribution in [2.45, 2.75) is 58.2 Å². The van der Waals surface area contributed by atoms with Gasteiger partial charge in [0, 0.05) is 24.7 Å². The van der Waals surface area contributed by atoms with E-state index in [9.17, 15) is 19.2 Å². The van der Waals surface area contributed by atoms with Gasteiger partial charge in [-0.15, -0.1) is 0 Å². The van der Waals surface area contributed by atoms with Gasteiger partial charge in [-0.1, -0.05) is 13.0 Å². The first kappa shape index (κ1) is 22.4. The fraction of sp³-hybridized carbons (Fsp3) is 0.600. The number of piperidine rings is 1. The lowest BCUT2D eigenvalue weighted by Crippen LogP contribution is -2.60. The number of esters is 1. The maximum atomic E-state index is 13.1. The Labute approximate surface area is 169 Å². The minimum Gasteiger partial charge on any atom is -0.467 e. The van der Waals surface area contributed by atoms with E-state index in [1.54, 1.807) is 32.9 Å². The Morgan fingerprint density at radius 2 is 2.03 bits per heavy atom. The Hall–Kier alpha value is -2.84. The summed E-state index contributed by atoms with van der Waals surface area (Å²) < 4.78 is 10.1. The van der Waals surface area contributed by atoms with Crippen LogP contribution in [0.1, 0.15) is 39.7 Å². The highest BCUT2D eigenvalue weighted by Crippen LogP contribution is 2.22. The van der Waals surface area contributed by atoms with Crippen LogP contribution >= 0.6 is 0 Å². The predicted octanol–water partition coefficient (Wildman–Crippen LogP) is 1.22. The Balaban J connectivity index is 2.24. The molecule has 3 atom stereocenters. The summed E-state index contributed by atoms with van der Waals surface area (Å²) in [5.41, 5.74) is -0.663. The minimum absolute atomic E-state index is 0.0143. The lowest BCUT2D eigenvalue weighted by atomic mass is 9.92. The molecule has 0 bridgehead atoms. The standard InChI is InChI=1S/C20H29N3O6/c1-12-9-14(22-19(27)29-20(2,3)4)17(25)23(11-12)15(18(26)28-5)10-13-7-6-8-21-16(13)24/h6-8,12,14-15H,9-11H2,1-5H3,(H,21,24)(H,22,27)/t12?,14-,15?/m0/s1. The number of aromatic nitrogens is 1. The highest BCUT2D eigenvalue weighted by Gasteiger charge is 2.40. The second kappa shape index (κ2) is 9.11. The number of pyridine rings is 1. The number of rotatable bonds is 5. The highest BCUT2D eigenvalue weighted by molar-refractivity contribution is 5.90. The number of carbonyl (C=O) groups excluding carboxylic acids is 3. The van der Waals surface area contributed by atoms with Crippen LogP contribution in [0.5, 0.6) is 0 Å². The van der Waals surface area contributed by atoms with Gasteiger partial charge in [-0.3, -0.25) is 9.59 Å². The maximum Gasteiger partial charge on any atom is 0.408 e. The van der Waals surface area contributed by atoms with Crippen molar-refractivity contribution in [1.82, 2.24) is 15.2 Å². The van der Waals surface area contributed by atoms with Crippen LogP contribution in [0.4, 0.5) is 4.79 Å². The van der Waals surface area contributed by atoms with Crippen molar-refractivity contribution in [2.24, 2.45) is 5.92 Å². The lowest BCUT2D eigenvalue weighted by molar-refractivity contribution is -0.156. The summed E-state index contributed by atoms with van der Waals surface area (Å²) in [7, 11) is 1.23. The molecule has 0 spiro atoms. The predicted molar refractivity (Wildman–Crippen MR) is 105 cm³/mol. The number of likely N-dealkylation sites (tertiary alicyclic amines) is 1. The topological polar surface area (TPSA) is 118 Å². The molecule has 1 aliphatic heterocycles. The molecule has 2 N–H and O–H groups in total. The minimum atomic E-state index is -0.971. The van der Waals surface area contributed by atoms with E-state index in [4.69, 9.17) is 9.47 Å². The zero-order valence-electron chi connectivity index (χ0n) is 17.5. The number of methoxy groups -OCH3 is 1. The summed E-state index contributed by atoms with van der Waals surface area (Å²) in [6.07, 6.45) is 1.24. The molecule has 0 saturated carbocycles. The molecule has 1 aromatic heterocycles. The van der Waals surface area contributed by atoms with E-state index in [2.05, 4.69) is 10.3 Å². The fourth-order valence-electron chi connectivity index (χ4n) is 3.34. The summed E-state index contributed by atoms with van der Waals surface area (Å²) >= 11 is 0. The molecule has 2 rings (SSSR count). The molecule has 0 radical (unpaired) electrons. The van der Waals surface area contributed by atoms with Crippen LogP contribution in [-0.4, -0.2) is 59.2 Å². The van der Waals surface area contributed by atoms with Gasteiger partial charge in [0.2, 0.25) is 5.91 Å². The van der Waals surface area contributed by atoms with Crippen LogP contribution in [0.25, 0.3) is 0 Å². The third-order valence-electron chi connectivity index (χ3n) is 4.58. The van der Waals surface area contributed by atoms with Crippen molar-refractivity contribution in [3.05, 3.63) is 34.2 Å². The zero-order chi connectivity index (χ0) is 21.8. The maximum absolute atomic E-state index is 13.1. The van der Waals surface area contributed by atoms with E-state index in [1.807, 2.05) is 6.92 Å². The molecule has 2 amide bonds. The second-order valence-corrected chi connectivity index (χ2v) is 8.30. The fourth-order valence-corrected chi connectivity index (χ4v) is 3.34. The van der Waals surface area contributed by atoms with E-state index in [0.717, 1.165) is 0 Å². The Morgan fingerprint density at radius 3 is 2.62 bits per heavy atom. The number of aromatic amines is 1. The number of alkyl carbamates (subject to hydrolysis) is 1. The number of hydrogen-bond donors (Lipinski definition) is 2. The van der Waals surface area contributed by atoms with E-state index in [1.165, 1.54) is 18.2 Å². The summed E-state index contributed by atoms with van der Waals surface area (Å²) in [5, 5.41) is 2.60. The summed E-state index contributed by atoms with van der Waals surface area (Å²) in [6.45, 7) is 7.43. The molecule has 160 valence electrons. The number of ether oxygens (including phenoxy) is 2. The van der Waals surface area contributed by atoms with Crippen molar-refractivity contribution in [1.29, 1.82) is 0 Å². The molecule has 1 aromatic rings. The Kier molecular flexibility index (Phi) is 7.05. The van der Waals surface area contributed by atoms with E-state index in [-0.39, 0.29) is 17.9 Å². The van der Waals surface area contributed by atoms with Gasteiger partial charge in [0.05, 0.1) is 7.11 Å². The number of hydrogen-bond acceptors (Lipinski definition) is 6. The SMILES string of the molecule is COC(=O)C(Cc1ccc[nH]c1=O)N1CC(C)C[C@H](NC(=O)OC(C)(C)C)C1=O. The van der Waals surface area contributed by atoms with Crippen LogP contribution < -0.4 is 10.9 Å². The van der Waals surface area contributed by atoms with Crippen molar-refractivity contribution in [3.63, 3.8) is 0 Å². The van der Waals surface area contributed by atoms with E-state index >= 15 is 0 Å². The number of nitrogens with one attached hydrogen (secondary N) is 2. The summed E-state index contributed by atoms with van der Waals surface area (Å²) in [6, 6.07) is 1.46. The van der Waals surface area contributed by atoms with Gasteiger partial charge < -0.3 is 24.7 Å². The average Bonchev–Trinajstić information content (AvgIpc) is 2.61. The number of carbonyl (C=O) groups is 3. The molecule has 2 heterocycles. The van der Waals surface area contributed by atoms with Crippen molar-refractivity contribution in [3.8, 4) is 0 Å². The molecule has 0 aliphatic carbocycles. The van der Waals surface area contributed by atoms with Gasteiger partial charge in [-0.25, -0.2) is 9.59 Å². The molecule has 1 aliphatic rings. The first-order valence-electron chi connectivity index (χ1n) is 9.56. The van der Waals surface area contributed by atoms with Gasteiger partial charge in [-0.2, -0.15) is 0 Å². The number of H-pyrrole nitrogens is 1. The monoisotopic (exact) mass is 407 g/mol. The van der Waals surface area contributed by atoms with Crippen molar-refractivity contribution >= 4 is 18.0 Å². The van der Waals surface area contributed by atoms with Crippen LogP contribution in [0.3, 0.4) is 0 Å². The van der Waals surface area contributed by atoms with Crippen molar-refractivity contribution < 1.29 is 23.9 Å². The number of nitrogens with zero attached hydrogens (tertiary/aromatic N) is 1. The second-order valence-electron chi connectivity index (χ2n) is 8.30. The van der Waals surface area contributed by atoms with Crippen LogP contribution in [0.15, 0.2) is 23.1 Å². The lowest BCUT2D eigenvalue weighted by Gasteiger charge is -2.39. The zero-order valence-corrected chi connectivity index (χ0v) is 17.5. The largest absolute Gasteiger partial charge is 0.467 e. The first-order valence-corrected chi connectivity index (χ1v) is 9.56. The van der Waals surface area contributed by atoms with Crippen LogP contribution in [0, 0.1) is 5.92 Å². The highest BCUT2D eigenvalue weighted by atomic mass is 16.6. The molecule has 1 fully saturated rings. The van der Waals surface area contributed by atoms with E-state index < -0.39 is 35.7 Å². The van der Waals surface area contributed by atoms with Gasteiger partial charge in [0.25, 0.3) is 5.56 Å². The molecule has 9 heteroatoms. The molecule has 2 unspecified atom stereocenters. The molecular weight excluding hydrogens is 378 g/mol. The van der Waals surface area contributed by atoms with Crippen LogP contribution in [0.2, 0.25) is 0 Å². The van der Waals surface area contributed by atoms with Gasteiger partial charge in [-0.05, 0) is 39.2 Å². The third-order valence-corrected chi connectivity index (χ3v) is 4.58. The first-order chi connectivity index (χ1) is 13.5. The number of amides is 2. The Bertz CT molecular complexity index is 813. The summed E-state index contributed by atoms with van der Waals surface area (Å²) in [4.78, 5) is 53.7. The van der Waals surface area contributed by atoms with Gasteiger partial charge in [0.1, 0.15) is 17.7 Å². The third kappa shape index (κ3) is 6.07. The summed E-state index contributed by atoms with van der Waals surface area (Å²) in [5.74, 6) is -1.00. The average molecular weight is 407 g/mol. The normalized spacial score (nSPS) is 20.7. The molecular formula is C20H29N3O6. The van der Waals surface area contributed by atoms with Gasteiger partial charge >= 0.3 is 12.1 Å². The molecule has 9 nitrogen and oxygen atoms in total. The van der Waals surface area contributed by atoms with E-state index in [0.29, 0.717) is 18.5 Å². The van der Waals surface area contributed by atoms with Crippen LogP contribution in [-0.2, 0) is 25.5 Å². The molecule has 0 aromatic carbocycles.